The van der Waals surface area contributed by atoms with Crippen molar-refractivity contribution >= 4 is 28.4 Å². The van der Waals surface area contributed by atoms with Crippen LogP contribution in [0.4, 0.5) is 16.2 Å². The minimum Gasteiger partial charge on any atom is -0.497 e. The van der Waals surface area contributed by atoms with Crippen molar-refractivity contribution in [3.8, 4) is 5.75 Å². The molecule has 1 amide bonds. The van der Waals surface area contributed by atoms with Crippen molar-refractivity contribution in [2.24, 2.45) is 0 Å². The Balaban J connectivity index is 2.08. The Morgan fingerprint density at radius 2 is 1.91 bits per heavy atom. The zero-order valence-corrected chi connectivity index (χ0v) is 12.8. The van der Waals surface area contributed by atoms with Crippen LogP contribution in [0.2, 0.25) is 0 Å². The number of non-ortho nitro benzene ring substituents is 1. The minimum atomic E-state index is -0.494. The number of ether oxygens (including phenoxy) is 1. The lowest BCUT2D eigenvalue weighted by atomic mass is 10.2. The van der Waals surface area contributed by atoms with E-state index in [0.717, 1.165) is 22.2 Å². The summed E-state index contributed by atoms with van der Waals surface area (Å²) in [5.41, 5.74) is 1.13. The van der Waals surface area contributed by atoms with Gasteiger partial charge in [-0.1, -0.05) is 6.07 Å². The number of amides is 1. The molecule has 0 aliphatic heterocycles. The predicted octanol–water partition coefficient (Wildman–Crippen LogP) is 4.24. The van der Waals surface area contributed by atoms with Gasteiger partial charge in [-0.15, -0.1) is 0 Å². The number of rotatable bonds is 4. The van der Waals surface area contributed by atoms with Gasteiger partial charge in [0.15, 0.2) is 0 Å². The molecule has 0 aromatic heterocycles. The second-order valence-corrected chi connectivity index (χ2v) is 5.49. The summed E-state index contributed by atoms with van der Waals surface area (Å²) in [6, 6.07) is 11.4. The van der Waals surface area contributed by atoms with E-state index in [1.54, 1.807) is 44.4 Å². The molecule has 22 heavy (non-hydrogen) atoms. The number of nitro groups is 1. The highest BCUT2D eigenvalue weighted by atomic mass is 32.2. The van der Waals surface area contributed by atoms with Gasteiger partial charge in [0.1, 0.15) is 5.75 Å². The number of benzene rings is 2. The first-order chi connectivity index (χ1) is 10.5. The lowest BCUT2D eigenvalue weighted by molar-refractivity contribution is -0.384. The highest BCUT2D eigenvalue weighted by Gasteiger charge is 2.12. The molecule has 0 fully saturated rings. The van der Waals surface area contributed by atoms with E-state index < -0.39 is 4.92 Å². The van der Waals surface area contributed by atoms with Crippen molar-refractivity contribution in [3.63, 3.8) is 0 Å². The largest absolute Gasteiger partial charge is 0.497 e. The fraction of sp³-hybridized carbons (Fsp3) is 0.133. The SMILES string of the molecule is COc1ccc(SC(=O)Nc2cc([N+](=O)[O-])ccc2C)cc1. The molecule has 0 atom stereocenters. The number of aryl methyl sites for hydroxylation is 1. The molecule has 0 unspecified atom stereocenters. The number of carbonyl (C=O) groups is 1. The van der Waals surface area contributed by atoms with Gasteiger partial charge in [-0.25, -0.2) is 0 Å². The molecule has 0 aliphatic rings. The minimum absolute atomic E-state index is 0.0599. The number of methoxy groups -OCH3 is 1. The molecule has 0 spiro atoms. The van der Waals surface area contributed by atoms with Crippen LogP contribution in [0.15, 0.2) is 47.4 Å². The molecule has 0 saturated heterocycles. The van der Waals surface area contributed by atoms with E-state index in [1.807, 2.05) is 0 Å². The van der Waals surface area contributed by atoms with Crippen molar-refractivity contribution < 1.29 is 14.5 Å². The zero-order chi connectivity index (χ0) is 16.1. The third kappa shape index (κ3) is 3.98. The Hall–Kier alpha value is -2.54. The predicted molar refractivity (Wildman–Crippen MR) is 85.7 cm³/mol. The molecule has 0 saturated carbocycles. The molecule has 7 heteroatoms. The summed E-state index contributed by atoms with van der Waals surface area (Å²) >= 11 is 1.01. The topological polar surface area (TPSA) is 81.5 Å². The van der Waals surface area contributed by atoms with Crippen LogP contribution in [0.25, 0.3) is 0 Å². The Labute approximate surface area is 131 Å². The maximum atomic E-state index is 12.0. The van der Waals surface area contributed by atoms with Gasteiger partial charge in [0.05, 0.1) is 17.7 Å². The molecule has 0 bridgehead atoms. The number of carbonyl (C=O) groups excluding carboxylic acids is 1. The quantitative estimate of drug-likeness (QED) is 0.518. The monoisotopic (exact) mass is 318 g/mol. The number of nitro benzene ring substituents is 1. The van der Waals surface area contributed by atoms with Crippen molar-refractivity contribution in [1.29, 1.82) is 0 Å². The van der Waals surface area contributed by atoms with Gasteiger partial charge >= 0.3 is 0 Å². The maximum Gasteiger partial charge on any atom is 0.288 e. The number of nitrogens with zero attached hydrogens (tertiary/aromatic N) is 1. The van der Waals surface area contributed by atoms with Gasteiger partial charge in [-0.3, -0.25) is 14.9 Å². The van der Waals surface area contributed by atoms with Crippen LogP contribution < -0.4 is 10.1 Å². The highest BCUT2D eigenvalue weighted by molar-refractivity contribution is 8.13. The van der Waals surface area contributed by atoms with Gasteiger partial charge in [-0.05, 0) is 48.5 Å². The van der Waals surface area contributed by atoms with E-state index >= 15 is 0 Å². The fourth-order valence-corrected chi connectivity index (χ4v) is 2.39. The molecular weight excluding hydrogens is 304 g/mol. The Morgan fingerprint density at radius 3 is 2.50 bits per heavy atom. The summed E-state index contributed by atoms with van der Waals surface area (Å²) in [4.78, 5) is 23.1. The third-order valence-corrected chi connectivity index (χ3v) is 3.73. The van der Waals surface area contributed by atoms with Crippen LogP contribution in [0, 0.1) is 17.0 Å². The average molecular weight is 318 g/mol. The number of anilines is 1. The maximum absolute atomic E-state index is 12.0. The third-order valence-electron chi connectivity index (χ3n) is 2.94. The summed E-state index contributed by atoms with van der Waals surface area (Å²) in [6.45, 7) is 1.78. The standard InChI is InChI=1S/C15H14N2O4S/c1-10-3-4-11(17(19)20)9-14(10)16-15(18)22-13-7-5-12(21-2)6-8-13/h3-9H,1-2H3,(H,16,18). The lowest BCUT2D eigenvalue weighted by Crippen LogP contribution is -2.06. The van der Waals surface area contributed by atoms with E-state index in [1.165, 1.54) is 12.1 Å². The summed E-state index contributed by atoms with van der Waals surface area (Å²) in [5, 5.41) is 13.1. The smallest absolute Gasteiger partial charge is 0.288 e. The number of thioether (sulfide) groups is 1. The lowest BCUT2D eigenvalue weighted by Gasteiger charge is -2.08. The zero-order valence-electron chi connectivity index (χ0n) is 12.0. The average Bonchev–Trinajstić information content (AvgIpc) is 2.50. The van der Waals surface area contributed by atoms with Crippen LogP contribution >= 0.6 is 11.8 Å². The summed E-state index contributed by atoms with van der Waals surface area (Å²) in [6.07, 6.45) is 0. The van der Waals surface area contributed by atoms with Gasteiger partial charge < -0.3 is 10.1 Å². The van der Waals surface area contributed by atoms with Crippen molar-refractivity contribution in [2.45, 2.75) is 11.8 Å². The molecule has 2 aromatic rings. The van der Waals surface area contributed by atoms with Gasteiger partial charge in [0.2, 0.25) is 0 Å². The summed E-state index contributed by atoms with van der Waals surface area (Å²) in [7, 11) is 1.57. The Morgan fingerprint density at radius 1 is 1.23 bits per heavy atom. The number of hydrogen-bond donors (Lipinski definition) is 1. The van der Waals surface area contributed by atoms with Gasteiger partial charge in [0.25, 0.3) is 10.9 Å². The number of hydrogen-bond acceptors (Lipinski definition) is 5. The van der Waals surface area contributed by atoms with Crippen molar-refractivity contribution in [3.05, 3.63) is 58.1 Å². The van der Waals surface area contributed by atoms with E-state index in [0.29, 0.717) is 11.4 Å². The van der Waals surface area contributed by atoms with E-state index in [4.69, 9.17) is 4.74 Å². The highest BCUT2D eigenvalue weighted by Crippen LogP contribution is 2.26. The molecule has 6 nitrogen and oxygen atoms in total. The van der Waals surface area contributed by atoms with Gasteiger partial charge in [-0.2, -0.15) is 0 Å². The van der Waals surface area contributed by atoms with Crippen LogP contribution in [0.3, 0.4) is 0 Å². The summed E-state index contributed by atoms with van der Waals surface area (Å²) < 4.78 is 5.05. The van der Waals surface area contributed by atoms with E-state index in [-0.39, 0.29) is 10.9 Å². The first-order valence-electron chi connectivity index (χ1n) is 6.37. The second kappa shape index (κ2) is 6.95. The normalized spacial score (nSPS) is 10.1. The molecule has 2 aromatic carbocycles. The van der Waals surface area contributed by atoms with E-state index in [2.05, 4.69) is 5.32 Å². The number of nitrogens with one attached hydrogen (secondary N) is 1. The van der Waals surface area contributed by atoms with Crippen molar-refractivity contribution in [1.82, 2.24) is 0 Å². The fourth-order valence-electron chi connectivity index (χ4n) is 1.74. The van der Waals surface area contributed by atoms with Crippen LogP contribution in [0.1, 0.15) is 5.56 Å². The molecule has 0 aliphatic carbocycles. The second-order valence-electron chi connectivity index (χ2n) is 4.45. The van der Waals surface area contributed by atoms with Gasteiger partial charge in [0, 0.05) is 17.0 Å². The van der Waals surface area contributed by atoms with Crippen LogP contribution in [-0.2, 0) is 0 Å². The Bertz CT molecular complexity index is 701. The molecule has 2 rings (SSSR count). The Kier molecular flexibility index (Phi) is 5.00. The molecule has 0 heterocycles. The van der Waals surface area contributed by atoms with Crippen molar-refractivity contribution in [2.75, 3.05) is 12.4 Å². The molecule has 114 valence electrons. The molecular formula is C15H14N2O4S. The molecule has 0 radical (unpaired) electrons. The van der Waals surface area contributed by atoms with Crippen LogP contribution in [0.5, 0.6) is 5.75 Å². The first-order valence-corrected chi connectivity index (χ1v) is 7.19. The van der Waals surface area contributed by atoms with Crippen LogP contribution in [-0.4, -0.2) is 17.3 Å². The first kappa shape index (κ1) is 15.8. The molecule has 1 N–H and O–H groups in total. The van der Waals surface area contributed by atoms with E-state index in [9.17, 15) is 14.9 Å². The summed E-state index contributed by atoms with van der Waals surface area (Å²) in [5.74, 6) is 0.708.